The van der Waals surface area contributed by atoms with Crippen LogP contribution < -0.4 is 5.32 Å². The summed E-state index contributed by atoms with van der Waals surface area (Å²) in [5.74, 6) is 0.412. The Balaban J connectivity index is 1.24. The number of amides is 1. The van der Waals surface area contributed by atoms with Crippen LogP contribution in [0.1, 0.15) is 40.0 Å². The molecule has 6 heteroatoms. The van der Waals surface area contributed by atoms with Crippen molar-refractivity contribution in [1.29, 1.82) is 0 Å². The molecule has 30 heavy (non-hydrogen) atoms. The number of fused-ring (bicyclic) bond motifs is 1. The number of ether oxygens (including phenoxy) is 1. The predicted molar refractivity (Wildman–Crippen MR) is 115 cm³/mol. The number of hydrogen-bond acceptors (Lipinski definition) is 5. The van der Waals surface area contributed by atoms with Crippen LogP contribution in [0.15, 0.2) is 42.6 Å². The Labute approximate surface area is 178 Å². The molecule has 0 saturated carbocycles. The third kappa shape index (κ3) is 5.65. The van der Waals surface area contributed by atoms with Gasteiger partial charge in [0.05, 0.1) is 6.10 Å². The number of carbonyl (C=O) groups excluding carboxylic acids is 1. The van der Waals surface area contributed by atoms with Gasteiger partial charge in [-0.15, -0.1) is 0 Å². The largest absolute Gasteiger partial charge is 0.390 e. The van der Waals surface area contributed by atoms with E-state index in [-0.39, 0.29) is 12.5 Å². The van der Waals surface area contributed by atoms with Crippen LogP contribution in [0.3, 0.4) is 0 Å². The van der Waals surface area contributed by atoms with Crippen molar-refractivity contribution in [2.24, 2.45) is 5.92 Å². The Morgan fingerprint density at radius 2 is 2.03 bits per heavy atom. The summed E-state index contributed by atoms with van der Waals surface area (Å²) < 4.78 is 5.41. The minimum atomic E-state index is -0.595. The lowest BCUT2D eigenvalue weighted by molar-refractivity contribution is 0.0662. The first-order valence-electron chi connectivity index (χ1n) is 11.0. The molecular formula is C24H31N3O3. The molecule has 1 atom stereocenters. The van der Waals surface area contributed by atoms with Crippen molar-refractivity contribution in [3.05, 3.63) is 65.0 Å². The number of β-amino-alcohol motifs (C(OH)–C–C–N with tert-alkyl or cyclic N) is 1. The van der Waals surface area contributed by atoms with Gasteiger partial charge in [-0.2, -0.15) is 0 Å². The highest BCUT2D eigenvalue weighted by Gasteiger charge is 2.19. The smallest absolute Gasteiger partial charge is 0.251 e. The number of benzene rings is 1. The van der Waals surface area contributed by atoms with E-state index in [1.807, 2.05) is 6.07 Å². The molecule has 0 aliphatic carbocycles. The Morgan fingerprint density at radius 3 is 2.87 bits per heavy atom. The standard InChI is InChI=1S/C24H31N3O3/c28-23(17-27-10-6-19-3-1-2-4-21(19)16-27)15-26-24(29)20-5-9-25-22(14-20)13-18-7-11-30-12-8-18/h1-5,9,14,18,23,28H,6-8,10-13,15-17H2,(H,26,29)/t23-/m0/s1. The fourth-order valence-electron chi connectivity index (χ4n) is 4.36. The topological polar surface area (TPSA) is 74.7 Å². The van der Waals surface area contributed by atoms with Crippen molar-refractivity contribution >= 4 is 5.91 Å². The lowest BCUT2D eigenvalue weighted by atomic mass is 9.94. The zero-order valence-corrected chi connectivity index (χ0v) is 17.4. The van der Waals surface area contributed by atoms with Gasteiger partial charge in [-0.05, 0) is 54.9 Å². The summed E-state index contributed by atoms with van der Waals surface area (Å²) in [4.78, 5) is 19.2. The maximum atomic E-state index is 12.6. The number of pyridine rings is 1. The molecule has 3 heterocycles. The lowest BCUT2D eigenvalue weighted by Crippen LogP contribution is -2.42. The van der Waals surface area contributed by atoms with Crippen LogP contribution >= 0.6 is 0 Å². The summed E-state index contributed by atoms with van der Waals surface area (Å²) >= 11 is 0. The van der Waals surface area contributed by atoms with Crippen LogP contribution in [0.5, 0.6) is 0 Å². The molecular weight excluding hydrogens is 378 g/mol. The average Bonchev–Trinajstić information content (AvgIpc) is 2.78. The van der Waals surface area contributed by atoms with Gasteiger partial charge in [-0.25, -0.2) is 0 Å². The second kappa shape index (κ2) is 10.2. The summed E-state index contributed by atoms with van der Waals surface area (Å²) in [5.41, 5.74) is 4.27. The van der Waals surface area contributed by atoms with Crippen molar-refractivity contribution in [2.45, 2.75) is 38.3 Å². The zero-order chi connectivity index (χ0) is 20.8. The second-order valence-corrected chi connectivity index (χ2v) is 8.41. The van der Waals surface area contributed by atoms with Crippen LogP contribution in [0, 0.1) is 5.92 Å². The van der Waals surface area contributed by atoms with Gasteiger partial charge in [-0.3, -0.25) is 14.7 Å². The fourth-order valence-corrected chi connectivity index (χ4v) is 4.36. The number of aromatic nitrogens is 1. The molecule has 160 valence electrons. The van der Waals surface area contributed by atoms with Crippen molar-refractivity contribution < 1.29 is 14.6 Å². The van der Waals surface area contributed by atoms with Crippen molar-refractivity contribution in [2.75, 3.05) is 32.8 Å². The molecule has 0 bridgehead atoms. The number of aliphatic hydroxyl groups excluding tert-OH is 1. The number of rotatable bonds is 7. The minimum Gasteiger partial charge on any atom is -0.390 e. The SMILES string of the molecule is O=C(NC[C@H](O)CN1CCc2ccccc2C1)c1ccnc(CC2CCOCC2)c1. The van der Waals surface area contributed by atoms with Gasteiger partial charge in [0.1, 0.15) is 0 Å². The van der Waals surface area contributed by atoms with Crippen LogP contribution in [0.2, 0.25) is 0 Å². The molecule has 0 unspecified atom stereocenters. The molecule has 1 aromatic carbocycles. The maximum absolute atomic E-state index is 12.6. The monoisotopic (exact) mass is 409 g/mol. The van der Waals surface area contributed by atoms with E-state index in [0.29, 0.717) is 18.0 Å². The summed E-state index contributed by atoms with van der Waals surface area (Å²) in [6.45, 7) is 4.20. The molecule has 2 aromatic rings. The van der Waals surface area contributed by atoms with E-state index in [0.717, 1.165) is 57.7 Å². The van der Waals surface area contributed by atoms with Gasteiger partial charge in [0.2, 0.25) is 0 Å². The summed E-state index contributed by atoms with van der Waals surface area (Å²) in [6, 6.07) is 12.1. The van der Waals surface area contributed by atoms with E-state index in [4.69, 9.17) is 4.74 Å². The second-order valence-electron chi connectivity index (χ2n) is 8.41. The van der Waals surface area contributed by atoms with Gasteiger partial charge in [0.15, 0.2) is 0 Å². The first-order chi connectivity index (χ1) is 14.7. The Morgan fingerprint density at radius 1 is 1.23 bits per heavy atom. The minimum absolute atomic E-state index is 0.159. The average molecular weight is 410 g/mol. The van der Waals surface area contributed by atoms with E-state index >= 15 is 0 Å². The Kier molecular flexibility index (Phi) is 7.10. The fraction of sp³-hybridized carbons (Fsp3) is 0.500. The quantitative estimate of drug-likeness (QED) is 0.733. The summed E-state index contributed by atoms with van der Waals surface area (Å²) in [5, 5.41) is 13.3. The molecule has 4 rings (SSSR count). The van der Waals surface area contributed by atoms with Gasteiger partial charge < -0.3 is 15.2 Å². The maximum Gasteiger partial charge on any atom is 0.251 e. The molecule has 2 aliphatic rings. The number of hydrogen-bond donors (Lipinski definition) is 2. The van der Waals surface area contributed by atoms with Crippen molar-refractivity contribution in [1.82, 2.24) is 15.2 Å². The van der Waals surface area contributed by atoms with E-state index in [1.165, 1.54) is 11.1 Å². The van der Waals surface area contributed by atoms with E-state index in [2.05, 4.69) is 39.5 Å². The molecule has 2 N–H and O–H groups in total. The van der Waals surface area contributed by atoms with Crippen molar-refractivity contribution in [3.8, 4) is 0 Å². The molecule has 0 radical (unpaired) electrons. The van der Waals surface area contributed by atoms with Gasteiger partial charge in [-0.1, -0.05) is 24.3 Å². The molecule has 0 spiro atoms. The normalized spacial score (nSPS) is 18.6. The molecule has 2 aliphatic heterocycles. The van der Waals surface area contributed by atoms with Crippen LogP contribution in [-0.2, 0) is 24.1 Å². The van der Waals surface area contributed by atoms with Crippen LogP contribution in [0.4, 0.5) is 0 Å². The van der Waals surface area contributed by atoms with Gasteiger partial charge in [0, 0.05) is 56.8 Å². The van der Waals surface area contributed by atoms with Gasteiger partial charge >= 0.3 is 0 Å². The molecule has 6 nitrogen and oxygen atoms in total. The Hall–Kier alpha value is -2.28. The number of aliphatic hydroxyl groups is 1. The zero-order valence-electron chi connectivity index (χ0n) is 17.4. The summed E-state index contributed by atoms with van der Waals surface area (Å²) in [6.07, 6.45) is 5.08. The highest BCUT2D eigenvalue weighted by molar-refractivity contribution is 5.94. The first-order valence-corrected chi connectivity index (χ1v) is 11.0. The van der Waals surface area contributed by atoms with Gasteiger partial charge in [0.25, 0.3) is 5.91 Å². The van der Waals surface area contributed by atoms with E-state index in [9.17, 15) is 9.90 Å². The predicted octanol–water partition coefficient (Wildman–Crippen LogP) is 2.20. The Bertz CT molecular complexity index is 851. The van der Waals surface area contributed by atoms with E-state index in [1.54, 1.807) is 12.3 Å². The molecule has 1 fully saturated rings. The number of carbonyl (C=O) groups is 1. The third-order valence-electron chi connectivity index (χ3n) is 6.09. The molecule has 1 amide bonds. The molecule has 1 saturated heterocycles. The van der Waals surface area contributed by atoms with E-state index < -0.39 is 6.10 Å². The molecule has 1 aromatic heterocycles. The van der Waals surface area contributed by atoms with Crippen molar-refractivity contribution in [3.63, 3.8) is 0 Å². The third-order valence-corrected chi connectivity index (χ3v) is 6.09. The van der Waals surface area contributed by atoms with Crippen LogP contribution in [-0.4, -0.2) is 59.8 Å². The summed E-state index contributed by atoms with van der Waals surface area (Å²) in [7, 11) is 0. The first kappa shape index (κ1) is 21.0. The highest BCUT2D eigenvalue weighted by atomic mass is 16.5. The van der Waals surface area contributed by atoms with Crippen LogP contribution in [0.25, 0.3) is 0 Å². The number of nitrogens with one attached hydrogen (secondary N) is 1. The lowest BCUT2D eigenvalue weighted by Gasteiger charge is -2.30. The number of nitrogens with zero attached hydrogens (tertiary/aromatic N) is 2. The highest BCUT2D eigenvalue weighted by Crippen LogP contribution is 2.20.